The number of benzene rings is 2. The maximum Gasteiger partial charge on any atom is 0.353 e. The molecule has 0 amide bonds. The first kappa shape index (κ1) is 24.8. The Balaban J connectivity index is 1.35. The van der Waals surface area contributed by atoms with Gasteiger partial charge in [0.2, 0.25) is 0 Å². The number of unbranched alkanes of at least 4 members (excludes halogenated alkanes) is 1. The summed E-state index contributed by atoms with van der Waals surface area (Å²) in [5.41, 5.74) is 3.66. The average molecular weight is 500 g/mol. The molecule has 0 atom stereocenters. The molecule has 1 aliphatic rings. The smallest absolute Gasteiger partial charge is 0.274 e. The molecule has 2 aromatic heterocycles. The highest BCUT2D eigenvalue weighted by Crippen LogP contribution is 2.27. The first-order valence-corrected chi connectivity index (χ1v) is 13.3. The number of carbonyl (C=O) groups is 1. The second-order valence-electron chi connectivity index (χ2n) is 9.93. The number of aromatic amines is 1. The van der Waals surface area contributed by atoms with Crippen LogP contribution in [0.25, 0.3) is 22.5 Å². The van der Waals surface area contributed by atoms with Crippen LogP contribution in [0.4, 0.5) is 0 Å². The SMILES string of the molecule is CCCCc1nn(C(=O)CC2CCCCC2)c(=O)n1Cc1ccc(-c2cccc(-c3nnn[nH]3)c2)cc1. The zero-order valence-corrected chi connectivity index (χ0v) is 21.3. The molecular formula is C28H33N7O2. The highest BCUT2D eigenvalue weighted by Gasteiger charge is 2.23. The third-order valence-corrected chi connectivity index (χ3v) is 7.23. The lowest BCUT2D eigenvalue weighted by Gasteiger charge is -2.20. The average Bonchev–Trinajstić information content (AvgIpc) is 3.58. The molecule has 2 aromatic carbocycles. The van der Waals surface area contributed by atoms with Crippen LogP contribution in [0.5, 0.6) is 0 Å². The van der Waals surface area contributed by atoms with Crippen molar-refractivity contribution in [3.05, 3.63) is 70.4 Å². The monoisotopic (exact) mass is 499 g/mol. The summed E-state index contributed by atoms with van der Waals surface area (Å²) in [5, 5.41) is 18.6. The minimum Gasteiger partial charge on any atom is -0.274 e. The Morgan fingerprint density at radius 3 is 2.54 bits per heavy atom. The van der Waals surface area contributed by atoms with Crippen LogP contribution < -0.4 is 5.69 Å². The fourth-order valence-corrected chi connectivity index (χ4v) is 5.12. The van der Waals surface area contributed by atoms with Gasteiger partial charge in [-0.1, -0.05) is 75.1 Å². The first-order chi connectivity index (χ1) is 18.1. The molecule has 37 heavy (non-hydrogen) atoms. The summed E-state index contributed by atoms with van der Waals surface area (Å²) in [6, 6.07) is 16.1. The maximum atomic E-state index is 13.3. The van der Waals surface area contributed by atoms with Crippen molar-refractivity contribution < 1.29 is 4.79 Å². The number of tetrazole rings is 1. The standard InChI is InChI=1S/C28H33N7O2/c1-2-3-12-25-31-35(26(36)17-20-8-5-4-6-9-20)28(37)34(25)19-21-13-15-22(16-14-21)23-10-7-11-24(18-23)27-29-32-33-30-27/h7,10-11,13-16,18,20H,2-6,8-9,12,17,19H2,1H3,(H,29,30,32,33). The minimum atomic E-state index is -0.329. The molecule has 1 fully saturated rings. The normalized spacial score (nSPS) is 14.2. The van der Waals surface area contributed by atoms with Crippen molar-refractivity contribution in [2.45, 2.75) is 71.3 Å². The first-order valence-electron chi connectivity index (χ1n) is 13.3. The molecule has 4 aromatic rings. The Kier molecular flexibility index (Phi) is 7.67. The van der Waals surface area contributed by atoms with Crippen LogP contribution in [-0.2, 0) is 13.0 Å². The second kappa shape index (κ2) is 11.5. The number of hydrogen-bond donors (Lipinski definition) is 1. The van der Waals surface area contributed by atoms with Crippen LogP contribution in [-0.4, -0.2) is 40.9 Å². The van der Waals surface area contributed by atoms with Crippen molar-refractivity contribution in [3.63, 3.8) is 0 Å². The van der Waals surface area contributed by atoms with Crippen molar-refractivity contribution in [1.82, 2.24) is 35.0 Å². The van der Waals surface area contributed by atoms with Gasteiger partial charge >= 0.3 is 5.69 Å². The molecule has 0 unspecified atom stereocenters. The van der Waals surface area contributed by atoms with E-state index in [4.69, 9.17) is 0 Å². The molecule has 9 nitrogen and oxygen atoms in total. The molecular weight excluding hydrogens is 466 g/mol. The van der Waals surface area contributed by atoms with Crippen molar-refractivity contribution >= 4 is 5.91 Å². The summed E-state index contributed by atoms with van der Waals surface area (Å²) in [7, 11) is 0. The van der Waals surface area contributed by atoms with Crippen LogP contribution in [0, 0.1) is 5.92 Å². The molecule has 2 heterocycles. The van der Waals surface area contributed by atoms with Crippen LogP contribution in [0.1, 0.15) is 74.5 Å². The number of carbonyl (C=O) groups excluding carboxylic acids is 1. The van der Waals surface area contributed by atoms with Gasteiger partial charge in [-0.15, -0.1) is 14.9 Å². The number of hydrogen-bond acceptors (Lipinski definition) is 6. The van der Waals surface area contributed by atoms with Gasteiger partial charge in [0.1, 0.15) is 5.82 Å². The molecule has 0 bridgehead atoms. The Morgan fingerprint density at radius 1 is 1.03 bits per heavy atom. The summed E-state index contributed by atoms with van der Waals surface area (Å²) in [4.78, 5) is 26.3. The molecule has 192 valence electrons. The van der Waals surface area contributed by atoms with Gasteiger partial charge in [-0.3, -0.25) is 9.36 Å². The quantitative estimate of drug-likeness (QED) is 0.351. The third-order valence-electron chi connectivity index (χ3n) is 7.23. The molecule has 0 aliphatic heterocycles. The highest BCUT2D eigenvalue weighted by atomic mass is 16.2. The van der Waals surface area contributed by atoms with Gasteiger partial charge in [0.05, 0.1) is 6.54 Å². The van der Waals surface area contributed by atoms with Crippen molar-refractivity contribution in [3.8, 4) is 22.5 Å². The number of H-pyrrole nitrogens is 1. The van der Waals surface area contributed by atoms with Crippen LogP contribution in [0.2, 0.25) is 0 Å². The van der Waals surface area contributed by atoms with E-state index in [-0.39, 0.29) is 11.6 Å². The Bertz CT molecular complexity index is 1380. The Hall–Kier alpha value is -3.88. The largest absolute Gasteiger partial charge is 0.353 e. The predicted octanol–water partition coefficient (Wildman–Crippen LogP) is 4.89. The zero-order chi connectivity index (χ0) is 25.6. The minimum absolute atomic E-state index is 0.175. The van der Waals surface area contributed by atoms with E-state index in [2.05, 4.69) is 32.6 Å². The van der Waals surface area contributed by atoms with Crippen LogP contribution in [0.15, 0.2) is 53.3 Å². The number of nitrogens with zero attached hydrogens (tertiary/aromatic N) is 6. The summed E-state index contributed by atoms with van der Waals surface area (Å²) in [6.07, 6.45) is 8.70. The number of aryl methyl sites for hydroxylation is 1. The van der Waals surface area contributed by atoms with Gasteiger partial charge in [-0.25, -0.2) is 9.89 Å². The molecule has 0 spiro atoms. The summed E-state index contributed by atoms with van der Waals surface area (Å²) < 4.78 is 2.79. The highest BCUT2D eigenvalue weighted by molar-refractivity contribution is 5.78. The fraction of sp³-hybridized carbons (Fsp3) is 0.429. The zero-order valence-electron chi connectivity index (χ0n) is 21.3. The van der Waals surface area contributed by atoms with E-state index in [1.165, 1.54) is 19.3 Å². The molecule has 1 N–H and O–H groups in total. The predicted molar refractivity (Wildman–Crippen MR) is 141 cm³/mol. The van der Waals surface area contributed by atoms with Crippen molar-refractivity contribution in [2.75, 3.05) is 0 Å². The van der Waals surface area contributed by atoms with Gasteiger partial charge in [-0.2, -0.15) is 0 Å². The van der Waals surface area contributed by atoms with Gasteiger partial charge in [0, 0.05) is 18.4 Å². The van der Waals surface area contributed by atoms with Crippen molar-refractivity contribution in [1.29, 1.82) is 0 Å². The summed E-state index contributed by atoms with van der Waals surface area (Å²) in [6.45, 7) is 2.50. The van der Waals surface area contributed by atoms with Crippen LogP contribution in [0.3, 0.4) is 0 Å². The molecule has 5 rings (SSSR count). The van der Waals surface area contributed by atoms with Gasteiger partial charge in [-0.05, 0) is 58.4 Å². The second-order valence-corrected chi connectivity index (χ2v) is 9.93. The molecule has 1 aliphatic carbocycles. The number of nitrogens with one attached hydrogen (secondary N) is 1. The van der Waals surface area contributed by atoms with E-state index in [0.29, 0.717) is 37.0 Å². The van der Waals surface area contributed by atoms with Crippen molar-refractivity contribution in [2.24, 2.45) is 5.92 Å². The Morgan fingerprint density at radius 2 is 1.81 bits per heavy atom. The lowest BCUT2D eigenvalue weighted by Crippen LogP contribution is -2.31. The van der Waals surface area contributed by atoms with E-state index in [9.17, 15) is 9.59 Å². The van der Waals surface area contributed by atoms with Crippen LogP contribution >= 0.6 is 0 Å². The summed E-state index contributed by atoms with van der Waals surface area (Å²) in [5.74, 6) is 1.49. The fourth-order valence-electron chi connectivity index (χ4n) is 5.12. The third kappa shape index (κ3) is 5.76. The van der Waals surface area contributed by atoms with E-state index in [1.54, 1.807) is 4.57 Å². The molecule has 0 saturated heterocycles. The van der Waals surface area contributed by atoms with E-state index in [0.717, 1.165) is 52.6 Å². The topological polar surface area (TPSA) is 111 Å². The Labute approximate surface area is 215 Å². The van der Waals surface area contributed by atoms with Gasteiger partial charge in [0.15, 0.2) is 5.82 Å². The number of rotatable bonds is 9. The molecule has 1 saturated carbocycles. The van der Waals surface area contributed by atoms with Gasteiger partial charge in [0.25, 0.3) is 5.91 Å². The molecule has 9 heteroatoms. The van der Waals surface area contributed by atoms with E-state index in [1.807, 2.05) is 48.5 Å². The maximum absolute atomic E-state index is 13.3. The number of aromatic nitrogens is 7. The van der Waals surface area contributed by atoms with E-state index < -0.39 is 0 Å². The molecule has 0 radical (unpaired) electrons. The lowest BCUT2D eigenvalue weighted by molar-refractivity contribution is 0.0846. The lowest BCUT2D eigenvalue weighted by atomic mass is 9.87. The summed E-state index contributed by atoms with van der Waals surface area (Å²) >= 11 is 0. The van der Waals surface area contributed by atoms with Gasteiger partial charge < -0.3 is 0 Å². The van der Waals surface area contributed by atoms with E-state index >= 15 is 0 Å².